The van der Waals surface area contributed by atoms with E-state index in [0.717, 1.165) is 24.0 Å². The zero-order chi connectivity index (χ0) is 23.2. The van der Waals surface area contributed by atoms with Gasteiger partial charge in [-0.15, -0.1) is 0 Å². The van der Waals surface area contributed by atoms with Crippen molar-refractivity contribution < 1.29 is 19.5 Å². The van der Waals surface area contributed by atoms with Crippen LogP contribution in [0.1, 0.15) is 46.4 Å². The van der Waals surface area contributed by atoms with Crippen LogP contribution in [0, 0.1) is 0 Å². The summed E-state index contributed by atoms with van der Waals surface area (Å²) in [6, 6.07) is 15.4. The highest BCUT2D eigenvalue weighted by molar-refractivity contribution is 5.97. The summed E-state index contributed by atoms with van der Waals surface area (Å²) < 4.78 is 0. The first-order valence-electron chi connectivity index (χ1n) is 11.6. The second-order valence-electron chi connectivity index (χ2n) is 9.42. The number of hydrogen-bond donors (Lipinski definition) is 1. The number of benzene rings is 2. The molecule has 1 heterocycles. The van der Waals surface area contributed by atoms with E-state index in [4.69, 9.17) is 0 Å². The van der Waals surface area contributed by atoms with Crippen LogP contribution in [0.4, 0.5) is 0 Å². The van der Waals surface area contributed by atoms with Crippen LogP contribution in [0.3, 0.4) is 0 Å². The Morgan fingerprint density at radius 3 is 2.12 bits per heavy atom. The Hall–Kier alpha value is -3.19. The zero-order valence-electron chi connectivity index (χ0n) is 18.9. The van der Waals surface area contributed by atoms with Crippen molar-refractivity contribution in [3.05, 3.63) is 59.7 Å². The van der Waals surface area contributed by atoms with Crippen molar-refractivity contribution in [1.29, 1.82) is 0 Å². The van der Waals surface area contributed by atoms with Gasteiger partial charge in [0.15, 0.2) is 0 Å². The van der Waals surface area contributed by atoms with Crippen LogP contribution in [0.2, 0.25) is 0 Å². The van der Waals surface area contributed by atoms with Gasteiger partial charge in [0.25, 0.3) is 17.7 Å². The number of rotatable bonds is 5. The van der Waals surface area contributed by atoms with E-state index in [1.807, 2.05) is 60.5 Å². The van der Waals surface area contributed by atoms with Gasteiger partial charge in [0.1, 0.15) is 5.60 Å². The summed E-state index contributed by atoms with van der Waals surface area (Å²) in [5, 5.41) is 10.0. The molecular weight excluding hydrogens is 418 g/mol. The van der Waals surface area contributed by atoms with Crippen molar-refractivity contribution in [3.8, 4) is 11.1 Å². The molecule has 0 atom stereocenters. The molecule has 2 aromatic rings. The molecule has 5 rings (SSSR count). The Morgan fingerprint density at radius 1 is 0.879 bits per heavy atom. The number of carbonyl (C=O) groups excluding carboxylic acids is 3. The first-order valence-corrected chi connectivity index (χ1v) is 11.6. The molecule has 172 valence electrons. The second-order valence-corrected chi connectivity index (χ2v) is 9.42. The number of hydrogen-bond acceptors (Lipinski definition) is 4. The molecule has 3 amide bonds. The van der Waals surface area contributed by atoms with Crippen LogP contribution in [-0.2, 0) is 4.79 Å². The lowest BCUT2D eigenvalue weighted by molar-refractivity contribution is -0.143. The number of aliphatic hydroxyl groups is 1. The van der Waals surface area contributed by atoms with Crippen LogP contribution < -0.4 is 0 Å². The molecule has 2 aliphatic carbocycles. The molecule has 3 aliphatic rings. The van der Waals surface area contributed by atoms with Crippen LogP contribution in [0.5, 0.6) is 0 Å². The summed E-state index contributed by atoms with van der Waals surface area (Å²) in [5.41, 5.74) is 2.00. The van der Waals surface area contributed by atoms with Crippen molar-refractivity contribution in [2.24, 2.45) is 0 Å². The Balaban J connectivity index is 1.23. The minimum atomic E-state index is -1.16. The minimum absolute atomic E-state index is 0.0394. The van der Waals surface area contributed by atoms with E-state index >= 15 is 0 Å². The van der Waals surface area contributed by atoms with Gasteiger partial charge in [-0.05, 0) is 61.1 Å². The van der Waals surface area contributed by atoms with Crippen LogP contribution in [-0.4, -0.2) is 82.4 Å². The Kier molecular flexibility index (Phi) is 5.44. The smallest absolute Gasteiger partial charge is 0.254 e. The first kappa shape index (κ1) is 21.6. The SMILES string of the molecule is CN(C(=O)c1cccc(-c2ccc(C(=O)N3CCN(C(=O)C4(O)CC4)CC3)cc2)c1)C1CC1. The monoisotopic (exact) mass is 447 g/mol. The van der Waals surface area contributed by atoms with Crippen molar-refractivity contribution in [1.82, 2.24) is 14.7 Å². The summed E-state index contributed by atoms with van der Waals surface area (Å²) in [7, 11) is 1.86. The number of carbonyl (C=O) groups is 3. The fraction of sp³-hybridized carbons (Fsp3) is 0.423. The maximum absolute atomic E-state index is 12.9. The molecule has 0 unspecified atom stereocenters. The molecule has 0 spiro atoms. The number of piperazine rings is 1. The molecule has 7 nitrogen and oxygen atoms in total. The van der Waals surface area contributed by atoms with Gasteiger partial charge in [-0.25, -0.2) is 0 Å². The normalized spacial score (nSPS) is 19.2. The van der Waals surface area contributed by atoms with E-state index in [2.05, 4.69) is 0 Å². The van der Waals surface area contributed by atoms with E-state index in [1.54, 1.807) is 9.80 Å². The molecule has 1 aliphatic heterocycles. The van der Waals surface area contributed by atoms with Crippen LogP contribution in [0.15, 0.2) is 48.5 Å². The highest BCUT2D eigenvalue weighted by Gasteiger charge is 2.50. The highest BCUT2D eigenvalue weighted by Crippen LogP contribution is 2.37. The van der Waals surface area contributed by atoms with E-state index in [9.17, 15) is 19.5 Å². The third-order valence-corrected chi connectivity index (χ3v) is 6.97. The maximum atomic E-state index is 12.9. The fourth-order valence-electron chi connectivity index (χ4n) is 4.39. The van der Waals surface area contributed by atoms with E-state index in [-0.39, 0.29) is 17.7 Å². The van der Waals surface area contributed by atoms with Gasteiger partial charge in [0.2, 0.25) is 0 Å². The summed E-state index contributed by atoms with van der Waals surface area (Å²) in [6.07, 6.45) is 3.22. The molecule has 33 heavy (non-hydrogen) atoms. The molecule has 0 aromatic heterocycles. The zero-order valence-corrected chi connectivity index (χ0v) is 18.9. The molecule has 0 bridgehead atoms. The molecule has 1 N–H and O–H groups in total. The summed E-state index contributed by atoms with van der Waals surface area (Å²) in [6.45, 7) is 1.81. The Morgan fingerprint density at radius 2 is 1.52 bits per heavy atom. The molecular formula is C26H29N3O4. The molecule has 7 heteroatoms. The van der Waals surface area contributed by atoms with Crippen molar-refractivity contribution >= 4 is 17.7 Å². The van der Waals surface area contributed by atoms with Crippen molar-refractivity contribution in [2.75, 3.05) is 33.2 Å². The van der Waals surface area contributed by atoms with E-state index in [0.29, 0.717) is 56.2 Å². The van der Waals surface area contributed by atoms with Crippen molar-refractivity contribution in [3.63, 3.8) is 0 Å². The van der Waals surface area contributed by atoms with E-state index < -0.39 is 5.60 Å². The Bertz CT molecular complexity index is 1080. The van der Waals surface area contributed by atoms with Gasteiger partial charge in [-0.2, -0.15) is 0 Å². The van der Waals surface area contributed by atoms with Gasteiger partial charge in [-0.3, -0.25) is 14.4 Å². The Labute approximate surface area is 193 Å². The molecule has 1 saturated heterocycles. The summed E-state index contributed by atoms with van der Waals surface area (Å²) in [5.74, 6) is -0.227. The lowest BCUT2D eigenvalue weighted by Gasteiger charge is -2.35. The van der Waals surface area contributed by atoms with Crippen LogP contribution in [0.25, 0.3) is 11.1 Å². The second kappa shape index (κ2) is 8.30. The predicted molar refractivity (Wildman–Crippen MR) is 124 cm³/mol. The molecule has 3 fully saturated rings. The largest absolute Gasteiger partial charge is 0.380 e. The number of amides is 3. The fourth-order valence-corrected chi connectivity index (χ4v) is 4.39. The van der Waals surface area contributed by atoms with Gasteiger partial charge >= 0.3 is 0 Å². The van der Waals surface area contributed by atoms with Crippen molar-refractivity contribution in [2.45, 2.75) is 37.3 Å². The third kappa shape index (κ3) is 4.37. The standard InChI is InChI=1S/C26H29N3O4/c1-27(22-9-10-22)23(30)21-4-2-3-20(17-21)18-5-7-19(8-6-18)24(31)28-13-15-29(16-14-28)25(32)26(33)11-12-26/h2-8,17,22,33H,9-16H2,1H3. The third-order valence-electron chi connectivity index (χ3n) is 6.97. The molecule has 2 aromatic carbocycles. The predicted octanol–water partition coefficient (Wildman–Crippen LogP) is 2.40. The van der Waals surface area contributed by atoms with Gasteiger partial charge in [-0.1, -0.05) is 24.3 Å². The van der Waals surface area contributed by atoms with Crippen LogP contribution >= 0.6 is 0 Å². The summed E-state index contributed by atoms with van der Waals surface area (Å²) in [4.78, 5) is 43.2. The average molecular weight is 448 g/mol. The lowest BCUT2D eigenvalue weighted by atomic mass is 10.0. The number of nitrogens with zero attached hydrogens (tertiary/aromatic N) is 3. The minimum Gasteiger partial charge on any atom is -0.380 e. The van der Waals surface area contributed by atoms with E-state index in [1.165, 1.54) is 0 Å². The van der Waals surface area contributed by atoms with Gasteiger partial charge < -0.3 is 19.8 Å². The average Bonchev–Trinajstić information content (AvgIpc) is 3.79. The first-order chi connectivity index (χ1) is 15.9. The summed E-state index contributed by atoms with van der Waals surface area (Å²) >= 11 is 0. The lowest BCUT2D eigenvalue weighted by Crippen LogP contribution is -2.53. The van der Waals surface area contributed by atoms with Gasteiger partial charge in [0.05, 0.1) is 0 Å². The molecule has 0 radical (unpaired) electrons. The molecule has 2 saturated carbocycles. The highest BCUT2D eigenvalue weighted by atomic mass is 16.3. The quantitative estimate of drug-likeness (QED) is 0.763. The maximum Gasteiger partial charge on any atom is 0.254 e. The topological polar surface area (TPSA) is 81.2 Å². The van der Waals surface area contributed by atoms with Gasteiger partial charge in [0, 0.05) is 50.4 Å².